The van der Waals surface area contributed by atoms with Crippen molar-refractivity contribution in [3.05, 3.63) is 0 Å². The molecule has 0 N–H and O–H groups in total. The molecule has 30 heavy (non-hydrogen) atoms. The predicted octanol–water partition coefficient (Wildman–Crippen LogP) is -9.46. The molecule has 0 aromatic rings. The summed E-state index contributed by atoms with van der Waals surface area (Å²) in [6.45, 7) is 14.1. The quantitative estimate of drug-likeness (QED) is 0.225. The van der Waals surface area contributed by atoms with Crippen molar-refractivity contribution >= 4 is 47.8 Å². The normalized spacial score (nSPS) is 5.40. The summed E-state index contributed by atoms with van der Waals surface area (Å²) in [5.74, 6) is 0. The topological polar surface area (TPSA) is 208 Å². The van der Waals surface area contributed by atoms with Gasteiger partial charge in [0.25, 0.3) is 0 Å². The second-order valence-corrected chi connectivity index (χ2v) is 2.60. The van der Waals surface area contributed by atoms with Crippen molar-refractivity contribution in [1.29, 1.82) is 0 Å². The second kappa shape index (κ2) is 226. The van der Waals surface area contributed by atoms with E-state index in [1.807, 2.05) is 0 Å². The fourth-order valence-electron chi connectivity index (χ4n) is 0. The molecule has 0 heterocycles. The molecule has 9 nitrogen and oxygen atoms in total. The molecule has 0 bridgehead atoms. The van der Waals surface area contributed by atoms with E-state index in [4.69, 9.17) is 46.0 Å². The molecule has 0 aromatic carbocycles. The van der Waals surface area contributed by atoms with E-state index in [1.54, 1.807) is 62.3 Å². The number of hydrogen-bond acceptors (Lipinski definition) is 9. The van der Waals surface area contributed by atoms with E-state index in [1.165, 1.54) is 0 Å². The van der Waals surface area contributed by atoms with Crippen LogP contribution in [0.4, 0.5) is 0 Å². The van der Waals surface area contributed by atoms with Crippen LogP contribution in [0.1, 0.15) is 62.3 Å². The first kappa shape index (κ1) is 76.8. The van der Waals surface area contributed by atoms with E-state index in [0.29, 0.717) is 0 Å². The summed E-state index contributed by atoms with van der Waals surface area (Å²) in [5.41, 5.74) is 0. The van der Waals surface area contributed by atoms with E-state index < -0.39 is 0 Å². The van der Waals surface area contributed by atoms with Crippen molar-refractivity contribution in [2.45, 2.75) is 62.3 Å². The molecule has 0 aliphatic carbocycles. The molecule has 0 aliphatic rings. The zero-order chi connectivity index (χ0) is 24.4. The molecule has 0 radical (unpaired) electrons. The summed E-state index contributed by atoms with van der Waals surface area (Å²) in [6.07, 6.45) is 0. The van der Waals surface area contributed by atoms with Gasteiger partial charge in [-0.3, -0.25) is 0 Å². The van der Waals surface area contributed by atoms with Gasteiger partial charge in [0.2, 0.25) is 0 Å². The van der Waals surface area contributed by atoms with Crippen LogP contribution in [0, 0.1) is 0 Å². The molecule has 180 valence electrons. The van der Waals surface area contributed by atoms with Crippen LogP contribution in [0.15, 0.2) is 0 Å². The van der Waals surface area contributed by atoms with Crippen LogP contribution in [0.2, 0.25) is 0 Å². The first-order chi connectivity index (χ1) is 12.7. The van der Waals surface area contributed by atoms with Gasteiger partial charge in [0.1, 0.15) is 0 Å². The molecule has 0 saturated carbocycles. The third-order valence-corrected chi connectivity index (χ3v) is 0. The molecular weight excluding hydrogens is 621 g/mol. The summed E-state index contributed by atoms with van der Waals surface area (Å²) in [4.78, 5) is 0. The van der Waals surface area contributed by atoms with Crippen LogP contribution in [0.25, 0.3) is 0 Å². The Balaban J connectivity index is -0.0000000120. The van der Waals surface area contributed by atoms with Crippen molar-refractivity contribution in [3.63, 3.8) is 0 Å². The van der Waals surface area contributed by atoms with E-state index in [9.17, 15) is 0 Å². The van der Waals surface area contributed by atoms with Gasteiger partial charge in [0.05, 0.1) is 0 Å². The van der Waals surface area contributed by atoms with Crippen LogP contribution in [-0.4, -0.2) is 107 Å². The maximum atomic E-state index is 8.93. The van der Waals surface area contributed by atoms with Gasteiger partial charge in [0.15, 0.2) is 0 Å². The maximum Gasteiger partial charge on any atom is 4.00 e. The van der Waals surface area contributed by atoms with Crippen LogP contribution in [-0.2, 0) is 0 Å². The average Bonchev–Trinajstić information content (AvgIpc) is 2.53. The third kappa shape index (κ3) is 5160. The predicted molar refractivity (Wildman–Crippen MR) is 106 cm³/mol. The average molecular weight is 666 g/mol. The molecule has 0 unspecified atom stereocenters. The van der Waals surface area contributed by atoms with Crippen molar-refractivity contribution in [2.24, 2.45) is 0 Å². The molecule has 0 amide bonds. The minimum atomic E-state index is 0. The standard InChI is InChI=1S/9C2H5O.Na.2Sn/c9*1-2-3;;;/h9*2H2,1H3;;;/q9*-1;+1;2*+4. The molecular formula is C18H45NaO9Sn2. The SMILES string of the molecule is CC[O-].CC[O-].CC[O-].CC[O-].CC[O-].CC[O-].CC[O-].CC[O-].CC[O-].[Na+].[Sn+4].[Sn+4]. The molecule has 12 heteroatoms. The van der Waals surface area contributed by atoms with Crippen LogP contribution in [0.3, 0.4) is 0 Å². The smallest absolute Gasteiger partial charge is 0.855 e. The first-order valence-corrected chi connectivity index (χ1v) is 8.96. The van der Waals surface area contributed by atoms with Crippen LogP contribution >= 0.6 is 0 Å². The minimum Gasteiger partial charge on any atom is -0.855 e. The number of hydrogen-bond donors (Lipinski definition) is 0. The van der Waals surface area contributed by atoms with Gasteiger partial charge >= 0.3 is 77.4 Å². The van der Waals surface area contributed by atoms with Crippen molar-refractivity contribution in [3.8, 4) is 0 Å². The molecule has 0 aromatic heterocycles. The molecule has 0 atom stereocenters. The monoisotopic (exact) mass is 668 g/mol. The Morgan fingerprint density at radius 3 is 0.267 bits per heavy atom. The Morgan fingerprint density at radius 1 is 0.267 bits per heavy atom. The van der Waals surface area contributed by atoms with Crippen molar-refractivity contribution in [1.82, 2.24) is 0 Å². The van der Waals surface area contributed by atoms with Gasteiger partial charge < -0.3 is 46.0 Å². The molecule has 0 rings (SSSR count). The summed E-state index contributed by atoms with van der Waals surface area (Å²) in [6, 6.07) is 0. The zero-order valence-electron chi connectivity index (χ0n) is 21.0. The summed E-state index contributed by atoms with van der Waals surface area (Å²) in [5, 5.41) is 80.4. The largest absolute Gasteiger partial charge is 4.00 e. The van der Waals surface area contributed by atoms with Gasteiger partial charge in [-0.1, -0.05) is 62.3 Å². The Bertz CT molecular complexity index is 70.1. The summed E-state index contributed by atoms with van der Waals surface area (Å²) in [7, 11) is 0. The Hall–Kier alpha value is 2.24. The van der Waals surface area contributed by atoms with Crippen LogP contribution in [0.5, 0.6) is 0 Å². The maximum absolute atomic E-state index is 8.93. The minimum absolute atomic E-state index is 0. The van der Waals surface area contributed by atoms with Gasteiger partial charge in [-0.25, -0.2) is 0 Å². The fourth-order valence-corrected chi connectivity index (χ4v) is 0. The van der Waals surface area contributed by atoms with Gasteiger partial charge in [-0.05, 0) is 0 Å². The summed E-state index contributed by atoms with van der Waals surface area (Å²) < 4.78 is 0. The van der Waals surface area contributed by atoms with Crippen LogP contribution < -0.4 is 75.5 Å². The Kier molecular flexibility index (Phi) is 579. The van der Waals surface area contributed by atoms with E-state index in [0.717, 1.165) is 0 Å². The van der Waals surface area contributed by atoms with E-state index >= 15 is 0 Å². The molecule has 0 spiro atoms. The molecule has 0 saturated heterocycles. The van der Waals surface area contributed by atoms with Gasteiger partial charge in [0, 0.05) is 0 Å². The molecule has 0 aliphatic heterocycles. The molecule has 0 fully saturated rings. The number of rotatable bonds is 0. The van der Waals surface area contributed by atoms with Crippen molar-refractivity contribution in [2.75, 3.05) is 59.5 Å². The van der Waals surface area contributed by atoms with Crippen molar-refractivity contribution < 1.29 is 75.5 Å². The van der Waals surface area contributed by atoms with Gasteiger partial charge in [-0.15, -0.1) is 59.5 Å². The van der Waals surface area contributed by atoms with E-state index in [-0.39, 0.29) is 137 Å². The fraction of sp³-hybridized carbons (Fsp3) is 1.00. The first-order valence-electron chi connectivity index (χ1n) is 8.96. The second-order valence-electron chi connectivity index (χ2n) is 2.60. The van der Waals surface area contributed by atoms with Gasteiger partial charge in [-0.2, -0.15) is 0 Å². The third-order valence-electron chi connectivity index (χ3n) is 0. The summed E-state index contributed by atoms with van der Waals surface area (Å²) >= 11 is 0. The van der Waals surface area contributed by atoms with E-state index in [2.05, 4.69) is 0 Å². The Morgan fingerprint density at radius 2 is 0.267 bits per heavy atom. The Labute approximate surface area is 243 Å². The zero-order valence-corrected chi connectivity index (χ0v) is 28.7.